The molecule has 0 aliphatic heterocycles. The molecule has 32 heavy (non-hydrogen) atoms. The summed E-state index contributed by atoms with van der Waals surface area (Å²) in [6.45, 7) is 7.59. The Bertz CT molecular complexity index is 1270. The fourth-order valence-corrected chi connectivity index (χ4v) is 5.68. The number of amides is 1. The Hall–Kier alpha value is -3.00. The number of benzene rings is 1. The van der Waals surface area contributed by atoms with Crippen molar-refractivity contribution in [2.75, 3.05) is 11.9 Å². The SMILES string of the molecule is CCOC(=O)C1CCCc2sc3nc(C)n(CC(=O)Nc4ccc(C)cc4C)c(=O)c3c21. The van der Waals surface area contributed by atoms with Gasteiger partial charge in [0, 0.05) is 10.6 Å². The molecule has 1 aliphatic rings. The Morgan fingerprint density at radius 1 is 1.28 bits per heavy atom. The van der Waals surface area contributed by atoms with Crippen molar-refractivity contribution in [1.29, 1.82) is 0 Å². The first-order valence-corrected chi connectivity index (χ1v) is 11.7. The molecule has 1 N–H and O–H groups in total. The molecule has 0 radical (unpaired) electrons. The molecule has 4 rings (SSSR count). The van der Waals surface area contributed by atoms with Crippen molar-refractivity contribution in [3.8, 4) is 0 Å². The van der Waals surface area contributed by atoms with Gasteiger partial charge in [-0.05, 0) is 64.2 Å². The molecule has 1 unspecified atom stereocenters. The minimum absolute atomic E-state index is 0.143. The van der Waals surface area contributed by atoms with Gasteiger partial charge < -0.3 is 10.1 Å². The Labute approximate surface area is 190 Å². The quantitative estimate of drug-likeness (QED) is 0.590. The number of rotatable bonds is 5. The van der Waals surface area contributed by atoms with Gasteiger partial charge in [-0.1, -0.05) is 17.7 Å². The lowest BCUT2D eigenvalue weighted by molar-refractivity contribution is -0.145. The summed E-state index contributed by atoms with van der Waals surface area (Å²) in [5.74, 6) is -0.576. The minimum Gasteiger partial charge on any atom is -0.466 e. The van der Waals surface area contributed by atoms with Gasteiger partial charge >= 0.3 is 5.97 Å². The average molecular weight is 454 g/mol. The van der Waals surface area contributed by atoms with Crippen LogP contribution in [-0.4, -0.2) is 28.0 Å². The first-order valence-electron chi connectivity index (χ1n) is 10.9. The van der Waals surface area contributed by atoms with Gasteiger partial charge in [-0.2, -0.15) is 0 Å². The lowest BCUT2D eigenvalue weighted by Crippen LogP contribution is -2.31. The Morgan fingerprint density at radius 2 is 2.06 bits per heavy atom. The van der Waals surface area contributed by atoms with Gasteiger partial charge in [0.15, 0.2) is 0 Å². The van der Waals surface area contributed by atoms with Crippen LogP contribution < -0.4 is 10.9 Å². The third kappa shape index (κ3) is 4.07. The van der Waals surface area contributed by atoms with Crippen LogP contribution in [0.4, 0.5) is 5.69 Å². The van der Waals surface area contributed by atoms with E-state index in [0.29, 0.717) is 29.1 Å². The van der Waals surface area contributed by atoms with Crippen LogP contribution in [0, 0.1) is 20.8 Å². The molecular weight excluding hydrogens is 426 g/mol. The molecule has 2 aromatic heterocycles. The van der Waals surface area contributed by atoms with Crippen LogP contribution in [-0.2, 0) is 27.3 Å². The van der Waals surface area contributed by atoms with Gasteiger partial charge in [0.25, 0.3) is 5.56 Å². The number of ether oxygens (including phenoxy) is 1. The highest BCUT2D eigenvalue weighted by Crippen LogP contribution is 2.41. The van der Waals surface area contributed by atoms with E-state index < -0.39 is 5.92 Å². The van der Waals surface area contributed by atoms with E-state index in [9.17, 15) is 14.4 Å². The summed E-state index contributed by atoms with van der Waals surface area (Å²) in [6.07, 6.45) is 2.34. The maximum atomic E-state index is 13.5. The number of esters is 1. The number of carbonyl (C=O) groups is 2. The number of aryl methyl sites for hydroxylation is 4. The summed E-state index contributed by atoms with van der Waals surface area (Å²) in [6, 6.07) is 5.79. The van der Waals surface area contributed by atoms with Crippen LogP contribution in [0.25, 0.3) is 10.2 Å². The van der Waals surface area contributed by atoms with Crippen LogP contribution >= 0.6 is 11.3 Å². The molecule has 3 aromatic rings. The van der Waals surface area contributed by atoms with Crippen LogP contribution in [0.3, 0.4) is 0 Å². The Morgan fingerprint density at radius 3 is 2.78 bits per heavy atom. The second kappa shape index (κ2) is 8.86. The van der Waals surface area contributed by atoms with Crippen LogP contribution in [0.1, 0.15) is 53.1 Å². The highest BCUT2D eigenvalue weighted by Gasteiger charge is 2.33. The fourth-order valence-electron chi connectivity index (χ4n) is 4.37. The number of nitrogens with one attached hydrogen (secondary N) is 1. The predicted octanol–water partition coefficient (Wildman–Crippen LogP) is 4.00. The number of hydrogen-bond donors (Lipinski definition) is 1. The topological polar surface area (TPSA) is 90.3 Å². The fraction of sp³-hybridized carbons (Fsp3) is 0.417. The molecule has 7 nitrogen and oxygen atoms in total. The summed E-state index contributed by atoms with van der Waals surface area (Å²) in [4.78, 5) is 45.1. The molecule has 2 heterocycles. The van der Waals surface area contributed by atoms with Crippen molar-refractivity contribution in [2.45, 2.75) is 59.4 Å². The summed E-state index contributed by atoms with van der Waals surface area (Å²) in [5, 5.41) is 3.34. The summed E-state index contributed by atoms with van der Waals surface area (Å²) < 4.78 is 6.67. The van der Waals surface area contributed by atoms with Crippen molar-refractivity contribution in [3.63, 3.8) is 0 Å². The Kier molecular flexibility index (Phi) is 6.15. The van der Waals surface area contributed by atoms with E-state index in [2.05, 4.69) is 10.3 Å². The molecule has 1 amide bonds. The van der Waals surface area contributed by atoms with E-state index in [1.165, 1.54) is 15.9 Å². The molecule has 0 fully saturated rings. The Balaban J connectivity index is 1.71. The monoisotopic (exact) mass is 453 g/mol. The summed E-state index contributed by atoms with van der Waals surface area (Å²) in [5.41, 5.74) is 3.25. The van der Waals surface area contributed by atoms with E-state index in [1.54, 1.807) is 13.8 Å². The van der Waals surface area contributed by atoms with Gasteiger partial charge in [-0.3, -0.25) is 19.0 Å². The maximum Gasteiger partial charge on any atom is 0.313 e. The third-order valence-electron chi connectivity index (χ3n) is 5.89. The zero-order valence-corrected chi connectivity index (χ0v) is 19.6. The van der Waals surface area contributed by atoms with Gasteiger partial charge in [0.05, 0.1) is 17.9 Å². The van der Waals surface area contributed by atoms with Crippen LogP contribution in [0.5, 0.6) is 0 Å². The van der Waals surface area contributed by atoms with Crippen LogP contribution in [0.15, 0.2) is 23.0 Å². The lowest BCUT2D eigenvalue weighted by atomic mass is 9.86. The van der Waals surface area contributed by atoms with Gasteiger partial charge in [0.2, 0.25) is 5.91 Å². The van der Waals surface area contributed by atoms with Gasteiger partial charge in [0.1, 0.15) is 17.2 Å². The molecule has 168 valence electrons. The number of fused-ring (bicyclic) bond motifs is 3. The second-order valence-electron chi connectivity index (χ2n) is 8.23. The minimum atomic E-state index is -0.456. The number of carbonyl (C=O) groups excluding carboxylic acids is 2. The predicted molar refractivity (Wildman–Crippen MR) is 125 cm³/mol. The average Bonchev–Trinajstić information content (AvgIpc) is 3.11. The first kappa shape index (κ1) is 22.2. The lowest BCUT2D eigenvalue weighted by Gasteiger charge is -2.21. The molecule has 1 aliphatic carbocycles. The molecule has 0 saturated heterocycles. The summed E-state index contributed by atoms with van der Waals surface area (Å²) in [7, 11) is 0. The molecule has 0 saturated carbocycles. The maximum absolute atomic E-state index is 13.5. The molecule has 0 bridgehead atoms. The smallest absolute Gasteiger partial charge is 0.313 e. The van der Waals surface area contributed by atoms with Crippen molar-refractivity contribution in [3.05, 3.63) is 55.9 Å². The van der Waals surface area contributed by atoms with E-state index in [0.717, 1.165) is 40.1 Å². The van der Waals surface area contributed by atoms with E-state index in [4.69, 9.17) is 4.74 Å². The third-order valence-corrected chi connectivity index (χ3v) is 7.05. The largest absolute Gasteiger partial charge is 0.466 e. The van der Waals surface area contributed by atoms with Gasteiger partial charge in [-0.25, -0.2) is 4.98 Å². The van der Waals surface area contributed by atoms with Crippen molar-refractivity contribution >= 4 is 39.1 Å². The molecule has 1 aromatic carbocycles. The molecular formula is C24H27N3O4S. The number of nitrogens with zero attached hydrogens (tertiary/aromatic N) is 2. The highest BCUT2D eigenvalue weighted by atomic mass is 32.1. The zero-order chi connectivity index (χ0) is 23.0. The second-order valence-corrected chi connectivity index (χ2v) is 9.32. The van der Waals surface area contributed by atoms with E-state index in [1.807, 2.05) is 32.0 Å². The molecule has 0 spiro atoms. The molecule has 8 heteroatoms. The number of aromatic nitrogens is 2. The number of thiophene rings is 1. The number of anilines is 1. The molecule has 1 atom stereocenters. The standard InChI is InChI=1S/C24H27N3O4S/c1-5-31-24(30)16-7-6-8-18-20(16)21-22(32-18)25-15(4)27(23(21)29)12-19(28)26-17-10-9-13(2)11-14(17)3/h9-11,16H,5-8,12H2,1-4H3,(H,26,28). The van der Waals surface area contributed by atoms with E-state index >= 15 is 0 Å². The van der Waals surface area contributed by atoms with Crippen molar-refractivity contribution in [2.24, 2.45) is 0 Å². The number of hydrogen-bond acceptors (Lipinski definition) is 6. The van der Waals surface area contributed by atoms with Gasteiger partial charge in [-0.15, -0.1) is 11.3 Å². The first-order chi connectivity index (χ1) is 15.3. The normalized spacial score (nSPS) is 15.4. The summed E-state index contributed by atoms with van der Waals surface area (Å²) >= 11 is 1.47. The zero-order valence-electron chi connectivity index (χ0n) is 18.8. The van der Waals surface area contributed by atoms with E-state index in [-0.39, 0.29) is 24.0 Å². The van der Waals surface area contributed by atoms with Crippen LogP contribution in [0.2, 0.25) is 0 Å². The highest BCUT2D eigenvalue weighted by molar-refractivity contribution is 7.18. The van der Waals surface area contributed by atoms with Crippen molar-refractivity contribution < 1.29 is 14.3 Å². The van der Waals surface area contributed by atoms with Crippen molar-refractivity contribution in [1.82, 2.24) is 9.55 Å².